The van der Waals surface area contributed by atoms with Crippen molar-refractivity contribution in [3.8, 4) is 0 Å². The van der Waals surface area contributed by atoms with Crippen molar-refractivity contribution in [1.82, 2.24) is 9.55 Å². The molecule has 0 spiro atoms. The Balaban J connectivity index is 2.75. The molecule has 13 heavy (non-hydrogen) atoms. The first-order valence-corrected chi connectivity index (χ1v) is 5.79. The average Bonchev–Trinajstić information content (AvgIpc) is 2.49. The minimum absolute atomic E-state index is 0.0271. The van der Waals surface area contributed by atoms with Gasteiger partial charge in [-0.25, -0.2) is 4.98 Å². The van der Waals surface area contributed by atoms with E-state index in [9.17, 15) is 4.21 Å². The fraction of sp³-hybridized carbons (Fsp3) is 0.625. The van der Waals surface area contributed by atoms with E-state index in [2.05, 4.69) is 4.98 Å². The zero-order valence-electron chi connectivity index (χ0n) is 7.80. The zero-order chi connectivity index (χ0) is 9.84. The maximum Gasteiger partial charge on any atom is 0.0951 e. The number of hydrogen-bond acceptors (Lipinski definition) is 3. The number of imidazole rings is 1. The summed E-state index contributed by atoms with van der Waals surface area (Å²) in [6.45, 7) is 1.93. The Bertz CT molecular complexity index is 298. The molecule has 0 amide bonds. The molecule has 0 fully saturated rings. The first-order valence-electron chi connectivity index (χ1n) is 4.06. The third-order valence-corrected chi connectivity index (χ3v) is 2.81. The van der Waals surface area contributed by atoms with Gasteiger partial charge in [0, 0.05) is 28.9 Å². The van der Waals surface area contributed by atoms with Crippen molar-refractivity contribution in [3.63, 3.8) is 0 Å². The zero-order valence-corrected chi connectivity index (χ0v) is 8.62. The van der Waals surface area contributed by atoms with E-state index < -0.39 is 10.8 Å². The number of rotatable bonds is 4. The van der Waals surface area contributed by atoms with Crippen molar-refractivity contribution >= 4 is 10.8 Å². The van der Waals surface area contributed by atoms with E-state index in [1.807, 2.05) is 11.5 Å². The molecule has 0 aliphatic carbocycles. The van der Waals surface area contributed by atoms with Crippen molar-refractivity contribution in [2.75, 3.05) is 12.0 Å². The lowest BCUT2D eigenvalue weighted by Gasteiger charge is -2.13. The van der Waals surface area contributed by atoms with Gasteiger partial charge >= 0.3 is 0 Å². The summed E-state index contributed by atoms with van der Waals surface area (Å²) in [4.78, 5) is 3.93. The van der Waals surface area contributed by atoms with Crippen molar-refractivity contribution in [2.24, 2.45) is 0 Å². The van der Waals surface area contributed by atoms with E-state index in [-0.39, 0.29) is 12.6 Å². The fourth-order valence-corrected chi connectivity index (χ4v) is 2.11. The number of hydrogen-bond donors (Lipinski definition) is 1. The molecule has 0 saturated carbocycles. The number of aliphatic hydroxyl groups excluding tert-OH is 1. The first-order chi connectivity index (χ1) is 6.15. The minimum Gasteiger partial charge on any atom is -0.390 e. The summed E-state index contributed by atoms with van der Waals surface area (Å²) < 4.78 is 12.8. The molecule has 0 bridgehead atoms. The summed E-state index contributed by atoms with van der Waals surface area (Å²) in [6.07, 6.45) is 4.95. The van der Waals surface area contributed by atoms with Gasteiger partial charge < -0.3 is 9.67 Å². The van der Waals surface area contributed by atoms with Gasteiger partial charge in [0.25, 0.3) is 0 Å². The Hall–Kier alpha value is -0.680. The van der Waals surface area contributed by atoms with Crippen LogP contribution in [0.4, 0.5) is 0 Å². The molecule has 0 radical (unpaired) electrons. The summed E-state index contributed by atoms with van der Waals surface area (Å²) in [5.41, 5.74) is 0.762. The lowest BCUT2D eigenvalue weighted by molar-refractivity contribution is 0.268. The van der Waals surface area contributed by atoms with Gasteiger partial charge in [-0.15, -0.1) is 0 Å². The molecule has 1 N–H and O–H groups in total. The molecule has 2 atom stereocenters. The van der Waals surface area contributed by atoms with Gasteiger partial charge in [0.05, 0.1) is 24.8 Å². The summed E-state index contributed by atoms with van der Waals surface area (Å²) in [5, 5.41) is 8.95. The second kappa shape index (κ2) is 4.53. The Kier molecular flexibility index (Phi) is 3.62. The third-order valence-electron chi connectivity index (χ3n) is 1.86. The van der Waals surface area contributed by atoms with Crippen LogP contribution in [0.15, 0.2) is 12.5 Å². The maximum atomic E-state index is 11.0. The van der Waals surface area contributed by atoms with Crippen LogP contribution in [-0.2, 0) is 17.4 Å². The molecule has 0 aromatic carbocycles. The summed E-state index contributed by atoms with van der Waals surface area (Å²) in [7, 11) is -0.821. The highest BCUT2D eigenvalue weighted by atomic mass is 32.2. The van der Waals surface area contributed by atoms with Gasteiger partial charge in [-0.3, -0.25) is 4.21 Å². The van der Waals surface area contributed by atoms with Crippen LogP contribution in [0.2, 0.25) is 0 Å². The standard InChI is InChI=1S/C8H14N2O2S/c1-7(5-13(2)12)10-6-9-3-8(10)4-11/h3,6-7,11H,4-5H2,1-2H3. The van der Waals surface area contributed by atoms with Crippen LogP contribution in [0.1, 0.15) is 18.7 Å². The number of nitrogens with zero attached hydrogens (tertiary/aromatic N) is 2. The van der Waals surface area contributed by atoms with Crippen molar-refractivity contribution in [2.45, 2.75) is 19.6 Å². The highest BCUT2D eigenvalue weighted by Crippen LogP contribution is 2.10. The van der Waals surface area contributed by atoms with Crippen molar-refractivity contribution < 1.29 is 9.32 Å². The lowest BCUT2D eigenvalue weighted by Crippen LogP contribution is -2.14. The maximum absolute atomic E-state index is 11.0. The molecule has 1 rings (SSSR count). The largest absolute Gasteiger partial charge is 0.390 e. The van der Waals surface area contributed by atoms with E-state index in [0.29, 0.717) is 5.75 Å². The lowest BCUT2D eigenvalue weighted by atomic mass is 10.3. The average molecular weight is 202 g/mol. The minimum atomic E-state index is -0.821. The van der Waals surface area contributed by atoms with Crippen LogP contribution in [0.5, 0.6) is 0 Å². The van der Waals surface area contributed by atoms with E-state index in [1.54, 1.807) is 18.8 Å². The molecular formula is C8H14N2O2S. The van der Waals surface area contributed by atoms with Gasteiger partial charge in [0.2, 0.25) is 0 Å². The van der Waals surface area contributed by atoms with Crippen LogP contribution in [0.25, 0.3) is 0 Å². The van der Waals surface area contributed by atoms with Crippen LogP contribution in [0.3, 0.4) is 0 Å². The summed E-state index contributed by atoms with van der Waals surface area (Å²) in [6, 6.07) is 0.121. The van der Waals surface area contributed by atoms with E-state index in [4.69, 9.17) is 5.11 Å². The fourth-order valence-electron chi connectivity index (χ4n) is 1.27. The van der Waals surface area contributed by atoms with Crippen molar-refractivity contribution in [3.05, 3.63) is 18.2 Å². The van der Waals surface area contributed by atoms with Gasteiger partial charge in [-0.2, -0.15) is 0 Å². The Morgan fingerprint density at radius 2 is 2.46 bits per heavy atom. The Labute approximate surface area is 80.1 Å². The molecule has 1 aromatic heterocycles. The summed E-state index contributed by atoms with van der Waals surface area (Å²) >= 11 is 0. The number of aliphatic hydroxyl groups is 1. The monoisotopic (exact) mass is 202 g/mol. The molecule has 2 unspecified atom stereocenters. The van der Waals surface area contributed by atoms with Crippen LogP contribution >= 0.6 is 0 Å². The van der Waals surface area contributed by atoms with Crippen LogP contribution < -0.4 is 0 Å². The van der Waals surface area contributed by atoms with Crippen molar-refractivity contribution in [1.29, 1.82) is 0 Å². The highest BCUT2D eigenvalue weighted by Gasteiger charge is 2.09. The Morgan fingerprint density at radius 1 is 1.77 bits per heavy atom. The van der Waals surface area contributed by atoms with Gasteiger partial charge in [-0.05, 0) is 6.92 Å². The predicted octanol–water partition coefficient (Wildman–Crippen LogP) is 0.315. The van der Waals surface area contributed by atoms with E-state index in [0.717, 1.165) is 5.69 Å². The molecule has 1 aromatic rings. The highest BCUT2D eigenvalue weighted by molar-refractivity contribution is 7.84. The second-order valence-electron chi connectivity index (χ2n) is 3.04. The Morgan fingerprint density at radius 3 is 3.00 bits per heavy atom. The van der Waals surface area contributed by atoms with Gasteiger partial charge in [0.1, 0.15) is 0 Å². The molecule has 74 valence electrons. The topological polar surface area (TPSA) is 55.1 Å². The molecule has 0 aliphatic rings. The normalized spacial score (nSPS) is 15.6. The van der Waals surface area contributed by atoms with E-state index in [1.165, 1.54) is 0 Å². The molecule has 5 heteroatoms. The quantitative estimate of drug-likeness (QED) is 0.764. The third kappa shape index (κ3) is 2.63. The first kappa shape index (κ1) is 10.4. The second-order valence-corrected chi connectivity index (χ2v) is 4.52. The number of aromatic nitrogens is 2. The molecular weight excluding hydrogens is 188 g/mol. The van der Waals surface area contributed by atoms with Gasteiger partial charge in [-0.1, -0.05) is 0 Å². The van der Waals surface area contributed by atoms with E-state index >= 15 is 0 Å². The molecule has 0 saturated heterocycles. The molecule has 1 heterocycles. The summed E-state index contributed by atoms with van der Waals surface area (Å²) in [5.74, 6) is 0.587. The predicted molar refractivity (Wildman–Crippen MR) is 51.8 cm³/mol. The van der Waals surface area contributed by atoms with Crippen LogP contribution in [-0.4, -0.2) is 30.9 Å². The van der Waals surface area contributed by atoms with Crippen LogP contribution in [0, 0.1) is 0 Å². The van der Waals surface area contributed by atoms with Gasteiger partial charge in [0.15, 0.2) is 0 Å². The smallest absolute Gasteiger partial charge is 0.0951 e. The SMILES string of the molecule is CC(CS(C)=O)n1cncc1CO. The molecule has 0 aliphatic heterocycles. The molecule has 4 nitrogen and oxygen atoms in total.